The first kappa shape index (κ1) is 17.2. The topological polar surface area (TPSA) is 66.9 Å². The van der Waals surface area contributed by atoms with Crippen molar-refractivity contribution in [2.24, 2.45) is 0 Å². The monoisotopic (exact) mass is 362 g/mol. The molecule has 1 heterocycles. The minimum absolute atomic E-state index is 0.0198. The van der Waals surface area contributed by atoms with Crippen molar-refractivity contribution in [3.63, 3.8) is 0 Å². The van der Waals surface area contributed by atoms with Crippen LogP contribution in [0.15, 0.2) is 22.5 Å². The normalized spacial score (nSPS) is 14.8. The number of nitrogens with zero attached hydrogens (tertiary/aromatic N) is 2. The fourth-order valence-corrected chi connectivity index (χ4v) is 4.40. The molecule has 0 saturated carbocycles. The van der Waals surface area contributed by atoms with Crippen LogP contribution in [-0.4, -0.2) is 28.9 Å². The van der Waals surface area contributed by atoms with Gasteiger partial charge in [-0.3, -0.25) is 4.79 Å². The second kappa shape index (κ2) is 7.98. The number of aryl methyl sites for hydroxylation is 2. The maximum absolute atomic E-state index is 12.2. The summed E-state index contributed by atoms with van der Waals surface area (Å²) in [7, 11) is 1.81. The third-order valence-electron chi connectivity index (χ3n) is 4.20. The van der Waals surface area contributed by atoms with Crippen molar-refractivity contribution >= 4 is 34.1 Å². The van der Waals surface area contributed by atoms with Gasteiger partial charge >= 0.3 is 0 Å². The lowest BCUT2D eigenvalue weighted by Crippen LogP contribution is -2.28. The first-order valence-electron chi connectivity index (χ1n) is 8.21. The number of anilines is 1. The smallest absolute Gasteiger partial charge is 0.230 e. The first-order chi connectivity index (χ1) is 11.7. The van der Waals surface area contributed by atoms with E-state index in [9.17, 15) is 4.79 Å². The summed E-state index contributed by atoms with van der Waals surface area (Å²) in [5, 5.41) is 14.8. The van der Waals surface area contributed by atoms with Gasteiger partial charge in [-0.15, -0.1) is 10.2 Å². The van der Waals surface area contributed by atoms with Crippen LogP contribution in [0.5, 0.6) is 0 Å². The Morgan fingerprint density at radius 1 is 1.29 bits per heavy atom. The van der Waals surface area contributed by atoms with Crippen LogP contribution in [0.1, 0.15) is 42.5 Å². The van der Waals surface area contributed by atoms with E-state index in [1.54, 1.807) is 0 Å². The molecule has 1 amide bonds. The van der Waals surface area contributed by atoms with Gasteiger partial charge in [0.1, 0.15) is 0 Å². The lowest BCUT2D eigenvalue weighted by atomic mass is 9.89. The molecule has 2 N–H and O–H groups in total. The molecule has 1 aromatic carbocycles. The number of rotatable bonds is 6. The maximum atomic E-state index is 12.2. The largest absolute Gasteiger partial charge is 0.363 e. The minimum atomic E-state index is 0.0198. The number of carbonyl (C=O) groups excluding carboxylic acids is 1. The Morgan fingerprint density at radius 2 is 2.08 bits per heavy atom. The van der Waals surface area contributed by atoms with E-state index < -0.39 is 0 Å². The van der Waals surface area contributed by atoms with Crippen LogP contribution < -0.4 is 10.6 Å². The Bertz CT molecular complexity index is 716. The van der Waals surface area contributed by atoms with E-state index in [1.807, 2.05) is 14.0 Å². The highest BCUT2D eigenvalue weighted by Gasteiger charge is 2.15. The fraction of sp³-hybridized carbons (Fsp3) is 0.471. The molecule has 2 aromatic rings. The Labute approximate surface area is 150 Å². The molecular weight excluding hydrogens is 340 g/mol. The van der Waals surface area contributed by atoms with Crippen LogP contribution >= 0.6 is 23.1 Å². The van der Waals surface area contributed by atoms with Gasteiger partial charge in [-0.25, -0.2) is 0 Å². The zero-order chi connectivity index (χ0) is 16.9. The van der Waals surface area contributed by atoms with E-state index >= 15 is 0 Å². The summed E-state index contributed by atoms with van der Waals surface area (Å²) in [4.78, 5) is 12.2. The first-order valence-corrected chi connectivity index (χ1v) is 10.0. The lowest BCUT2D eigenvalue weighted by Gasteiger charge is -2.20. The predicted octanol–water partition coefficient (Wildman–Crippen LogP) is 3.43. The summed E-state index contributed by atoms with van der Waals surface area (Å²) in [6.45, 7) is 2.04. The van der Waals surface area contributed by atoms with E-state index in [0.717, 1.165) is 15.9 Å². The number of carbonyl (C=O) groups is 1. The standard InChI is InChI=1S/C17H22N4OS2/c1-11(13-8-7-12-5-3-4-6-14(12)9-13)19-15(22)10-23-17-21-20-16(18-2)24-17/h7-9,11H,3-6,10H2,1-2H3,(H,18,20)(H,19,22)/t11-/m0/s1. The molecule has 128 valence electrons. The van der Waals surface area contributed by atoms with Crippen molar-refractivity contribution < 1.29 is 4.79 Å². The number of aromatic nitrogens is 2. The number of fused-ring (bicyclic) bond motifs is 1. The molecule has 0 spiro atoms. The van der Waals surface area contributed by atoms with Crippen molar-refractivity contribution in [2.75, 3.05) is 18.1 Å². The molecule has 7 heteroatoms. The van der Waals surface area contributed by atoms with Crippen molar-refractivity contribution in [2.45, 2.75) is 43.0 Å². The van der Waals surface area contributed by atoms with E-state index in [2.05, 4.69) is 39.0 Å². The third-order valence-corrected chi connectivity index (χ3v) is 6.27. The Hall–Kier alpha value is -1.60. The molecule has 1 aliphatic rings. The highest BCUT2D eigenvalue weighted by Crippen LogP contribution is 2.26. The molecule has 1 atom stereocenters. The molecule has 5 nitrogen and oxygen atoms in total. The van der Waals surface area contributed by atoms with Crippen LogP contribution in [0.3, 0.4) is 0 Å². The second-order valence-electron chi connectivity index (χ2n) is 5.94. The van der Waals surface area contributed by atoms with Crippen LogP contribution in [0.4, 0.5) is 5.13 Å². The fourth-order valence-electron chi connectivity index (χ4n) is 2.89. The second-order valence-corrected chi connectivity index (χ2v) is 8.14. The van der Waals surface area contributed by atoms with Crippen LogP contribution in [0, 0.1) is 0 Å². The number of thioether (sulfide) groups is 1. The molecule has 0 unspecified atom stereocenters. The van der Waals surface area contributed by atoms with Gasteiger partial charge in [0.25, 0.3) is 0 Å². The van der Waals surface area contributed by atoms with Crippen molar-refractivity contribution in [1.82, 2.24) is 15.5 Å². The minimum Gasteiger partial charge on any atom is -0.363 e. The summed E-state index contributed by atoms with van der Waals surface area (Å²) in [5.74, 6) is 0.375. The van der Waals surface area contributed by atoms with Crippen molar-refractivity contribution in [3.05, 3.63) is 34.9 Å². The predicted molar refractivity (Wildman–Crippen MR) is 99.8 cm³/mol. The van der Waals surface area contributed by atoms with Crippen molar-refractivity contribution in [3.8, 4) is 0 Å². The molecule has 0 aliphatic heterocycles. The SMILES string of the molecule is CNc1nnc(SCC(=O)N[C@@H](C)c2ccc3c(c2)CCCC3)s1. The zero-order valence-electron chi connectivity index (χ0n) is 14.0. The number of amides is 1. The zero-order valence-corrected chi connectivity index (χ0v) is 15.6. The van der Waals surface area contributed by atoms with Gasteiger partial charge in [-0.1, -0.05) is 41.3 Å². The molecule has 24 heavy (non-hydrogen) atoms. The van der Waals surface area contributed by atoms with Crippen LogP contribution in [0.25, 0.3) is 0 Å². The molecule has 0 fully saturated rings. The van der Waals surface area contributed by atoms with Gasteiger partial charge in [0, 0.05) is 7.05 Å². The molecule has 3 rings (SSSR count). The Kier molecular flexibility index (Phi) is 5.73. The Morgan fingerprint density at radius 3 is 2.83 bits per heavy atom. The van der Waals surface area contributed by atoms with E-state index in [-0.39, 0.29) is 11.9 Å². The van der Waals surface area contributed by atoms with Gasteiger partial charge in [0.2, 0.25) is 11.0 Å². The molecule has 1 aliphatic carbocycles. The average molecular weight is 363 g/mol. The molecule has 0 bridgehead atoms. The van der Waals surface area contributed by atoms with E-state index in [0.29, 0.717) is 5.75 Å². The average Bonchev–Trinajstić information content (AvgIpc) is 3.07. The van der Waals surface area contributed by atoms with Gasteiger partial charge in [0.05, 0.1) is 11.8 Å². The number of hydrogen-bond donors (Lipinski definition) is 2. The highest BCUT2D eigenvalue weighted by molar-refractivity contribution is 8.01. The van der Waals surface area contributed by atoms with Crippen LogP contribution in [0.2, 0.25) is 0 Å². The summed E-state index contributed by atoms with van der Waals surface area (Å²) >= 11 is 2.87. The van der Waals surface area contributed by atoms with E-state index in [1.165, 1.54) is 59.1 Å². The molecular formula is C17H22N4OS2. The van der Waals surface area contributed by atoms with Crippen LogP contribution in [-0.2, 0) is 17.6 Å². The molecule has 0 radical (unpaired) electrons. The Balaban J connectivity index is 1.53. The van der Waals surface area contributed by atoms with Gasteiger partial charge in [-0.2, -0.15) is 0 Å². The van der Waals surface area contributed by atoms with Gasteiger partial charge in [0.15, 0.2) is 4.34 Å². The summed E-state index contributed by atoms with van der Waals surface area (Å²) in [6, 6.07) is 6.65. The summed E-state index contributed by atoms with van der Waals surface area (Å²) in [5.41, 5.74) is 4.10. The highest BCUT2D eigenvalue weighted by atomic mass is 32.2. The van der Waals surface area contributed by atoms with Crippen molar-refractivity contribution in [1.29, 1.82) is 0 Å². The quantitative estimate of drug-likeness (QED) is 0.771. The lowest BCUT2D eigenvalue weighted by molar-refractivity contribution is -0.119. The molecule has 0 saturated heterocycles. The number of nitrogens with one attached hydrogen (secondary N) is 2. The van der Waals surface area contributed by atoms with Gasteiger partial charge in [-0.05, 0) is 49.3 Å². The number of benzene rings is 1. The number of hydrogen-bond acceptors (Lipinski definition) is 6. The summed E-state index contributed by atoms with van der Waals surface area (Å²) < 4.78 is 0.802. The summed E-state index contributed by atoms with van der Waals surface area (Å²) in [6.07, 6.45) is 4.90. The molecule has 1 aromatic heterocycles. The maximum Gasteiger partial charge on any atom is 0.230 e. The van der Waals surface area contributed by atoms with Gasteiger partial charge < -0.3 is 10.6 Å². The van der Waals surface area contributed by atoms with E-state index in [4.69, 9.17) is 0 Å². The third kappa shape index (κ3) is 4.27.